The van der Waals surface area contributed by atoms with Gasteiger partial charge in [0.2, 0.25) is 5.28 Å². The van der Waals surface area contributed by atoms with Crippen LogP contribution in [0.3, 0.4) is 0 Å². The number of nitrogens with zero attached hydrogens (tertiary/aromatic N) is 3. The Balaban J connectivity index is 2.16. The first-order valence-electron chi connectivity index (χ1n) is 5.54. The maximum atomic E-state index is 13.1. The van der Waals surface area contributed by atoms with Crippen LogP contribution in [0, 0.1) is 12.7 Å². The van der Waals surface area contributed by atoms with Crippen molar-refractivity contribution < 1.29 is 4.39 Å². The molecule has 1 aliphatic rings. The lowest BCUT2D eigenvalue weighted by molar-refractivity contribution is 0.626. The van der Waals surface area contributed by atoms with Crippen LogP contribution in [0.15, 0.2) is 18.2 Å². The number of benzene rings is 1. The van der Waals surface area contributed by atoms with E-state index in [1.807, 2.05) is 11.5 Å². The lowest BCUT2D eigenvalue weighted by Gasteiger charge is -2.10. The molecule has 3 rings (SSSR count). The summed E-state index contributed by atoms with van der Waals surface area (Å²) < 4.78 is 14.9. The normalized spacial score (nSPS) is 15.2. The highest BCUT2D eigenvalue weighted by Crippen LogP contribution is 2.40. The van der Waals surface area contributed by atoms with Crippen LogP contribution in [-0.2, 0) is 0 Å². The summed E-state index contributed by atoms with van der Waals surface area (Å²) in [5.41, 5.74) is 1.68. The van der Waals surface area contributed by atoms with Crippen LogP contribution in [0.2, 0.25) is 5.28 Å². The topological polar surface area (TPSA) is 30.7 Å². The lowest BCUT2D eigenvalue weighted by atomic mass is 10.2. The van der Waals surface area contributed by atoms with Gasteiger partial charge in [0.1, 0.15) is 11.6 Å². The molecule has 0 N–H and O–H groups in total. The van der Waals surface area contributed by atoms with Gasteiger partial charge in [0, 0.05) is 5.92 Å². The molecule has 0 aliphatic heterocycles. The van der Waals surface area contributed by atoms with E-state index in [0.717, 1.165) is 29.9 Å². The number of aryl methyl sites for hydroxylation is 1. The summed E-state index contributed by atoms with van der Waals surface area (Å²) >= 11 is 6.06. The van der Waals surface area contributed by atoms with Gasteiger partial charge >= 0.3 is 0 Å². The predicted molar refractivity (Wildman–Crippen MR) is 63.0 cm³/mol. The SMILES string of the molecule is Cc1cc(F)ccc1-n1c(Cl)nnc1C1CC1. The first-order valence-corrected chi connectivity index (χ1v) is 5.92. The van der Waals surface area contributed by atoms with Crippen molar-refractivity contribution in [3.63, 3.8) is 0 Å². The Kier molecular flexibility index (Phi) is 2.40. The predicted octanol–water partition coefficient (Wildman–Crippen LogP) is 3.25. The molecule has 1 aromatic carbocycles. The Labute approximate surface area is 103 Å². The molecule has 1 aromatic heterocycles. The molecule has 0 radical (unpaired) electrons. The van der Waals surface area contributed by atoms with Gasteiger partial charge in [-0.15, -0.1) is 10.2 Å². The van der Waals surface area contributed by atoms with E-state index in [4.69, 9.17) is 11.6 Å². The van der Waals surface area contributed by atoms with Gasteiger partial charge < -0.3 is 0 Å². The molecule has 0 unspecified atom stereocenters. The zero-order valence-electron chi connectivity index (χ0n) is 9.32. The van der Waals surface area contributed by atoms with Gasteiger partial charge in [0.05, 0.1) is 5.69 Å². The van der Waals surface area contributed by atoms with Crippen LogP contribution in [0.4, 0.5) is 4.39 Å². The number of rotatable bonds is 2. The van der Waals surface area contributed by atoms with Crippen molar-refractivity contribution in [1.29, 1.82) is 0 Å². The molecule has 1 fully saturated rings. The largest absolute Gasteiger partial charge is 0.269 e. The summed E-state index contributed by atoms with van der Waals surface area (Å²) in [4.78, 5) is 0. The van der Waals surface area contributed by atoms with Crippen LogP contribution < -0.4 is 0 Å². The second-order valence-electron chi connectivity index (χ2n) is 4.37. The van der Waals surface area contributed by atoms with Crippen molar-refractivity contribution in [2.75, 3.05) is 0 Å². The minimum absolute atomic E-state index is 0.247. The molecule has 0 atom stereocenters. The monoisotopic (exact) mass is 251 g/mol. The van der Waals surface area contributed by atoms with Gasteiger partial charge in [-0.3, -0.25) is 4.57 Å². The molecular weight excluding hydrogens is 241 g/mol. The fourth-order valence-electron chi connectivity index (χ4n) is 1.97. The van der Waals surface area contributed by atoms with E-state index in [2.05, 4.69) is 10.2 Å². The van der Waals surface area contributed by atoms with Crippen molar-refractivity contribution >= 4 is 11.6 Å². The lowest BCUT2D eigenvalue weighted by Crippen LogP contribution is -2.02. The van der Waals surface area contributed by atoms with Gasteiger partial charge in [-0.05, 0) is 55.1 Å². The van der Waals surface area contributed by atoms with Crippen molar-refractivity contribution in [2.45, 2.75) is 25.7 Å². The molecule has 0 amide bonds. The highest BCUT2D eigenvalue weighted by Gasteiger charge is 2.30. The second kappa shape index (κ2) is 3.81. The minimum Gasteiger partial charge on any atom is -0.269 e. The van der Waals surface area contributed by atoms with Crippen molar-refractivity contribution in [3.05, 3.63) is 40.7 Å². The maximum absolute atomic E-state index is 13.1. The Morgan fingerprint density at radius 1 is 1.35 bits per heavy atom. The van der Waals surface area contributed by atoms with Gasteiger partial charge in [-0.1, -0.05) is 0 Å². The minimum atomic E-state index is -0.247. The third-order valence-electron chi connectivity index (χ3n) is 2.99. The molecule has 3 nitrogen and oxygen atoms in total. The van der Waals surface area contributed by atoms with Crippen LogP contribution in [0.1, 0.15) is 30.1 Å². The Morgan fingerprint density at radius 3 is 2.76 bits per heavy atom. The van der Waals surface area contributed by atoms with Crippen LogP contribution in [0.25, 0.3) is 5.69 Å². The average molecular weight is 252 g/mol. The standard InChI is InChI=1S/C12H11ClFN3/c1-7-6-9(14)4-5-10(7)17-11(8-2-3-8)15-16-12(17)13/h4-6,8H,2-3H2,1H3. The molecule has 0 bridgehead atoms. The summed E-state index contributed by atoms with van der Waals surface area (Å²) in [7, 11) is 0. The first-order chi connectivity index (χ1) is 8.16. The molecule has 0 spiro atoms. The highest BCUT2D eigenvalue weighted by molar-refractivity contribution is 6.28. The summed E-state index contributed by atoms with van der Waals surface area (Å²) in [5.74, 6) is 1.08. The van der Waals surface area contributed by atoms with Crippen LogP contribution in [-0.4, -0.2) is 14.8 Å². The molecule has 17 heavy (non-hydrogen) atoms. The highest BCUT2D eigenvalue weighted by atomic mass is 35.5. The van der Waals surface area contributed by atoms with Crippen LogP contribution >= 0.6 is 11.6 Å². The van der Waals surface area contributed by atoms with E-state index in [1.54, 1.807) is 6.07 Å². The Hall–Kier alpha value is -1.42. The zero-order valence-corrected chi connectivity index (χ0v) is 10.1. The Morgan fingerprint density at radius 2 is 2.12 bits per heavy atom. The van der Waals surface area contributed by atoms with Crippen LogP contribution in [0.5, 0.6) is 0 Å². The van der Waals surface area contributed by atoms with Gasteiger partial charge in [-0.25, -0.2) is 4.39 Å². The third kappa shape index (κ3) is 1.82. The van der Waals surface area contributed by atoms with Gasteiger partial charge in [0.25, 0.3) is 0 Å². The quantitative estimate of drug-likeness (QED) is 0.820. The first kappa shape index (κ1) is 10.7. The number of aromatic nitrogens is 3. The molecule has 5 heteroatoms. The van der Waals surface area contributed by atoms with Gasteiger partial charge in [-0.2, -0.15) is 0 Å². The smallest absolute Gasteiger partial charge is 0.229 e. The fraction of sp³-hybridized carbons (Fsp3) is 0.333. The molecule has 2 aromatic rings. The summed E-state index contributed by atoms with van der Waals surface area (Å²) in [6, 6.07) is 4.63. The number of hydrogen-bond donors (Lipinski definition) is 0. The van der Waals surface area contributed by atoms with Gasteiger partial charge in [0.15, 0.2) is 0 Å². The second-order valence-corrected chi connectivity index (χ2v) is 4.71. The van der Waals surface area contributed by atoms with Crippen molar-refractivity contribution in [3.8, 4) is 5.69 Å². The molecule has 1 heterocycles. The number of halogens is 2. The molecule has 1 saturated carbocycles. The van der Waals surface area contributed by atoms with E-state index >= 15 is 0 Å². The average Bonchev–Trinajstić information content (AvgIpc) is 3.04. The Bertz CT molecular complexity index is 575. The molecule has 0 saturated heterocycles. The molecule has 1 aliphatic carbocycles. The molecule has 88 valence electrons. The fourth-order valence-corrected chi connectivity index (χ4v) is 2.19. The molecular formula is C12H11ClFN3. The zero-order chi connectivity index (χ0) is 12.0. The number of hydrogen-bond acceptors (Lipinski definition) is 2. The van der Waals surface area contributed by atoms with E-state index in [9.17, 15) is 4.39 Å². The summed E-state index contributed by atoms with van der Waals surface area (Å²) in [6.07, 6.45) is 2.24. The summed E-state index contributed by atoms with van der Waals surface area (Å²) in [6.45, 7) is 1.85. The van der Waals surface area contributed by atoms with Crippen molar-refractivity contribution in [2.24, 2.45) is 0 Å². The summed E-state index contributed by atoms with van der Waals surface area (Å²) in [5, 5.41) is 8.34. The van der Waals surface area contributed by atoms with E-state index in [-0.39, 0.29) is 5.82 Å². The van der Waals surface area contributed by atoms with E-state index in [1.165, 1.54) is 12.1 Å². The third-order valence-corrected chi connectivity index (χ3v) is 3.24. The van der Waals surface area contributed by atoms with Crippen molar-refractivity contribution in [1.82, 2.24) is 14.8 Å². The van der Waals surface area contributed by atoms with E-state index in [0.29, 0.717) is 11.2 Å². The maximum Gasteiger partial charge on any atom is 0.229 e. The van der Waals surface area contributed by atoms with E-state index < -0.39 is 0 Å².